The molecule has 0 aliphatic rings. The minimum absolute atomic E-state index is 0.00573. The van der Waals surface area contributed by atoms with Gasteiger partial charge in [-0.2, -0.15) is 0 Å². The van der Waals surface area contributed by atoms with Crippen molar-refractivity contribution in [2.24, 2.45) is 0 Å². The van der Waals surface area contributed by atoms with E-state index >= 15 is 0 Å². The Morgan fingerprint density at radius 3 is 2.64 bits per heavy atom. The molecule has 140 valence electrons. The molecule has 3 aromatic heterocycles. The molecule has 28 heavy (non-hydrogen) atoms. The second-order valence-corrected chi connectivity index (χ2v) is 6.71. The maximum Gasteiger partial charge on any atom is 0.253 e. The number of carbonyl (C=O) groups is 1. The predicted octanol–water partition coefficient (Wildman–Crippen LogP) is 4.19. The van der Waals surface area contributed by atoms with E-state index in [0.717, 1.165) is 0 Å². The standard InChI is InChI=1S/C19H12Cl2FN5O/c20-12-3-2-11(15(22)8-12)9-26-18(28)13-10-27(19-24-5-1-6-25-19)17-16(13)14(21)4-7-23-17/h1-8,10H,9H2,(H,26,28). The van der Waals surface area contributed by atoms with Gasteiger partial charge in [-0.25, -0.2) is 19.3 Å². The number of nitrogens with one attached hydrogen (secondary N) is 1. The number of amides is 1. The van der Waals surface area contributed by atoms with E-state index in [-0.39, 0.29) is 17.1 Å². The quantitative estimate of drug-likeness (QED) is 0.542. The molecule has 4 rings (SSSR count). The van der Waals surface area contributed by atoms with Gasteiger partial charge in [0.15, 0.2) is 0 Å². The molecule has 0 aliphatic carbocycles. The van der Waals surface area contributed by atoms with Crippen LogP contribution in [0.2, 0.25) is 10.0 Å². The number of hydrogen-bond donors (Lipinski definition) is 1. The minimum atomic E-state index is -0.493. The number of pyridine rings is 1. The molecule has 0 saturated carbocycles. The molecule has 0 radical (unpaired) electrons. The Hall–Kier alpha value is -3.03. The van der Waals surface area contributed by atoms with Crippen LogP contribution in [-0.4, -0.2) is 25.4 Å². The molecule has 1 amide bonds. The number of aromatic nitrogens is 4. The van der Waals surface area contributed by atoms with Gasteiger partial charge >= 0.3 is 0 Å². The van der Waals surface area contributed by atoms with Crippen molar-refractivity contribution < 1.29 is 9.18 Å². The number of nitrogens with zero attached hydrogens (tertiary/aromatic N) is 4. The summed E-state index contributed by atoms with van der Waals surface area (Å²) in [5.41, 5.74) is 1.05. The summed E-state index contributed by atoms with van der Waals surface area (Å²) >= 11 is 12.1. The molecule has 6 nitrogen and oxygen atoms in total. The lowest BCUT2D eigenvalue weighted by atomic mass is 10.2. The van der Waals surface area contributed by atoms with E-state index in [1.807, 2.05) is 0 Å². The third kappa shape index (κ3) is 3.42. The van der Waals surface area contributed by atoms with Crippen molar-refractivity contribution in [3.05, 3.63) is 82.1 Å². The van der Waals surface area contributed by atoms with Crippen molar-refractivity contribution in [2.75, 3.05) is 0 Å². The molecule has 0 fully saturated rings. The van der Waals surface area contributed by atoms with Crippen LogP contribution in [0.1, 0.15) is 15.9 Å². The third-order valence-electron chi connectivity index (χ3n) is 4.10. The van der Waals surface area contributed by atoms with Crippen molar-refractivity contribution in [2.45, 2.75) is 6.54 Å². The van der Waals surface area contributed by atoms with Crippen LogP contribution in [0.25, 0.3) is 17.0 Å². The first-order valence-electron chi connectivity index (χ1n) is 8.19. The van der Waals surface area contributed by atoms with Crippen LogP contribution in [0, 0.1) is 5.82 Å². The molecule has 1 N–H and O–H groups in total. The number of hydrogen-bond acceptors (Lipinski definition) is 4. The molecule has 3 heterocycles. The van der Waals surface area contributed by atoms with Gasteiger partial charge in [0.2, 0.25) is 5.95 Å². The zero-order valence-electron chi connectivity index (χ0n) is 14.2. The normalized spacial score (nSPS) is 11.0. The van der Waals surface area contributed by atoms with Gasteiger partial charge in [-0.05, 0) is 24.3 Å². The fraction of sp³-hybridized carbons (Fsp3) is 0.0526. The van der Waals surface area contributed by atoms with E-state index in [2.05, 4.69) is 20.3 Å². The molecule has 0 bridgehead atoms. The van der Waals surface area contributed by atoms with Gasteiger partial charge in [-0.3, -0.25) is 9.36 Å². The van der Waals surface area contributed by atoms with E-state index in [4.69, 9.17) is 23.2 Å². The third-order valence-corrected chi connectivity index (χ3v) is 4.65. The molecule has 0 spiro atoms. The summed E-state index contributed by atoms with van der Waals surface area (Å²) in [7, 11) is 0. The highest BCUT2D eigenvalue weighted by atomic mass is 35.5. The van der Waals surface area contributed by atoms with Crippen LogP contribution in [0.4, 0.5) is 4.39 Å². The van der Waals surface area contributed by atoms with Crippen LogP contribution in [0.5, 0.6) is 0 Å². The van der Waals surface area contributed by atoms with Crippen LogP contribution < -0.4 is 5.32 Å². The van der Waals surface area contributed by atoms with Gasteiger partial charge in [0.25, 0.3) is 5.91 Å². The minimum Gasteiger partial charge on any atom is -0.348 e. The van der Waals surface area contributed by atoms with Crippen molar-refractivity contribution >= 4 is 40.1 Å². The summed E-state index contributed by atoms with van der Waals surface area (Å²) in [6.45, 7) is -0.00573. The lowest BCUT2D eigenvalue weighted by Gasteiger charge is -2.06. The largest absolute Gasteiger partial charge is 0.348 e. The van der Waals surface area contributed by atoms with Crippen molar-refractivity contribution in [1.82, 2.24) is 24.8 Å². The zero-order valence-corrected chi connectivity index (χ0v) is 15.7. The average Bonchev–Trinajstić information content (AvgIpc) is 3.09. The number of halogens is 3. The molecule has 0 aliphatic heterocycles. The Kier molecular flexibility index (Phi) is 4.93. The number of benzene rings is 1. The van der Waals surface area contributed by atoms with Crippen LogP contribution in [-0.2, 0) is 6.54 Å². The molecule has 0 atom stereocenters. The van der Waals surface area contributed by atoms with E-state index in [1.54, 1.807) is 41.4 Å². The summed E-state index contributed by atoms with van der Waals surface area (Å²) in [4.78, 5) is 25.5. The van der Waals surface area contributed by atoms with E-state index < -0.39 is 11.7 Å². The fourth-order valence-electron chi connectivity index (χ4n) is 2.79. The molecular weight excluding hydrogens is 404 g/mol. The van der Waals surface area contributed by atoms with E-state index in [0.29, 0.717) is 27.6 Å². The highest BCUT2D eigenvalue weighted by Gasteiger charge is 2.20. The Morgan fingerprint density at radius 1 is 1.11 bits per heavy atom. The Morgan fingerprint density at radius 2 is 1.89 bits per heavy atom. The van der Waals surface area contributed by atoms with Gasteiger partial charge < -0.3 is 5.32 Å². The highest BCUT2D eigenvalue weighted by molar-refractivity contribution is 6.36. The Balaban J connectivity index is 1.71. The number of carbonyl (C=O) groups excluding carboxylic acids is 1. The average molecular weight is 416 g/mol. The van der Waals surface area contributed by atoms with Crippen LogP contribution in [0.3, 0.4) is 0 Å². The van der Waals surface area contributed by atoms with Crippen molar-refractivity contribution in [1.29, 1.82) is 0 Å². The van der Waals surface area contributed by atoms with E-state index in [1.165, 1.54) is 18.3 Å². The van der Waals surface area contributed by atoms with Crippen LogP contribution in [0.15, 0.2) is 55.1 Å². The fourth-order valence-corrected chi connectivity index (χ4v) is 3.19. The smallest absolute Gasteiger partial charge is 0.253 e. The summed E-state index contributed by atoms with van der Waals surface area (Å²) in [6.07, 6.45) is 6.27. The van der Waals surface area contributed by atoms with E-state index in [9.17, 15) is 9.18 Å². The molecule has 0 unspecified atom stereocenters. The van der Waals surface area contributed by atoms with Gasteiger partial charge in [0.1, 0.15) is 11.5 Å². The first-order chi connectivity index (χ1) is 13.5. The van der Waals surface area contributed by atoms with Gasteiger partial charge in [0, 0.05) is 41.9 Å². The maximum absolute atomic E-state index is 14.0. The first-order valence-corrected chi connectivity index (χ1v) is 8.95. The Labute approximate surface area is 169 Å². The predicted molar refractivity (Wildman–Crippen MR) is 104 cm³/mol. The molecular formula is C19H12Cl2FN5O. The number of rotatable bonds is 4. The molecule has 9 heteroatoms. The maximum atomic E-state index is 14.0. The first kappa shape index (κ1) is 18.3. The monoisotopic (exact) mass is 415 g/mol. The topological polar surface area (TPSA) is 72.7 Å². The van der Waals surface area contributed by atoms with Gasteiger partial charge in [0.05, 0.1) is 16.0 Å². The summed E-state index contributed by atoms with van der Waals surface area (Å²) in [6, 6.07) is 7.56. The zero-order chi connectivity index (χ0) is 19.7. The summed E-state index contributed by atoms with van der Waals surface area (Å²) < 4.78 is 15.5. The molecule has 1 aromatic carbocycles. The lowest BCUT2D eigenvalue weighted by Crippen LogP contribution is -2.23. The van der Waals surface area contributed by atoms with Gasteiger partial charge in [-0.15, -0.1) is 0 Å². The lowest BCUT2D eigenvalue weighted by molar-refractivity contribution is 0.0952. The van der Waals surface area contributed by atoms with Crippen molar-refractivity contribution in [3.63, 3.8) is 0 Å². The second-order valence-electron chi connectivity index (χ2n) is 5.87. The SMILES string of the molecule is O=C(NCc1ccc(Cl)cc1F)c1cn(-c2ncccn2)c2nccc(Cl)c12. The van der Waals surface area contributed by atoms with Crippen LogP contribution >= 0.6 is 23.2 Å². The van der Waals surface area contributed by atoms with Gasteiger partial charge in [-0.1, -0.05) is 29.3 Å². The second kappa shape index (κ2) is 7.53. The summed E-state index contributed by atoms with van der Waals surface area (Å²) in [5, 5.41) is 3.81. The summed E-state index contributed by atoms with van der Waals surface area (Å²) in [5.74, 6) is -0.568. The molecule has 0 saturated heterocycles. The highest BCUT2D eigenvalue weighted by Crippen LogP contribution is 2.28. The number of fused-ring (bicyclic) bond motifs is 1. The Bertz CT molecular complexity index is 1180. The molecule has 4 aromatic rings. The van der Waals surface area contributed by atoms with Crippen molar-refractivity contribution in [3.8, 4) is 5.95 Å².